The quantitative estimate of drug-likeness (QED) is 0.539. The normalized spacial score (nSPS) is 10.2. The number of hydrogen-bond donors (Lipinski definition) is 3. The molecule has 0 radical (unpaired) electrons. The van der Waals surface area contributed by atoms with Gasteiger partial charge in [-0.25, -0.2) is 0 Å². The largest absolute Gasteiger partial charge is 0.497 e. The third kappa shape index (κ3) is 4.62. The van der Waals surface area contributed by atoms with Crippen LogP contribution in [0, 0.1) is 0 Å². The van der Waals surface area contributed by atoms with Crippen molar-refractivity contribution >= 4 is 23.0 Å². The molecule has 6 nitrogen and oxygen atoms in total. The van der Waals surface area contributed by atoms with Crippen molar-refractivity contribution in [2.75, 3.05) is 38.4 Å². The highest BCUT2D eigenvalue weighted by Crippen LogP contribution is 2.25. The second-order valence-corrected chi connectivity index (χ2v) is 4.90. The van der Waals surface area contributed by atoms with Crippen LogP contribution in [-0.2, 0) is 4.74 Å². The van der Waals surface area contributed by atoms with Crippen LogP contribution in [0.4, 0.5) is 17.1 Å². The summed E-state index contributed by atoms with van der Waals surface area (Å²) in [6.45, 7) is 0.930. The summed E-state index contributed by atoms with van der Waals surface area (Å²) in [6.07, 6.45) is 0. The second-order valence-electron chi connectivity index (χ2n) is 4.90. The minimum absolute atomic E-state index is 0.176. The van der Waals surface area contributed by atoms with Gasteiger partial charge in [-0.05, 0) is 42.5 Å². The zero-order chi connectivity index (χ0) is 16.7. The molecule has 0 saturated heterocycles. The fourth-order valence-corrected chi connectivity index (χ4v) is 2.02. The van der Waals surface area contributed by atoms with Crippen LogP contribution in [0.15, 0.2) is 42.5 Å². The van der Waals surface area contributed by atoms with Crippen molar-refractivity contribution in [3.63, 3.8) is 0 Å². The number of nitrogens with one attached hydrogen (secondary N) is 2. The molecule has 0 aliphatic heterocycles. The summed E-state index contributed by atoms with van der Waals surface area (Å²) < 4.78 is 10.0. The van der Waals surface area contributed by atoms with Gasteiger partial charge in [0.25, 0.3) is 5.91 Å². The molecular formula is C17H21N3O3. The standard InChI is InChI=1S/C17H21N3O3/c1-22-10-9-19-17(21)12-3-8-16(15(18)11-12)20-13-4-6-14(23-2)7-5-13/h3-8,11,20H,9-10,18H2,1-2H3,(H,19,21). The van der Waals surface area contributed by atoms with Crippen LogP contribution in [0.1, 0.15) is 10.4 Å². The Labute approximate surface area is 135 Å². The average molecular weight is 315 g/mol. The van der Waals surface area contributed by atoms with E-state index >= 15 is 0 Å². The molecule has 0 heterocycles. The summed E-state index contributed by atoms with van der Waals surface area (Å²) in [5, 5.41) is 5.96. The number of amides is 1. The fourth-order valence-electron chi connectivity index (χ4n) is 2.02. The van der Waals surface area contributed by atoms with E-state index in [1.54, 1.807) is 32.4 Å². The molecule has 23 heavy (non-hydrogen) atoms. The maximum Gasteiger partial charge on any atom is 0.251 e. The minimum Gasteiger partial charge on any atom is -0.497 e. The van der Waals surface area contributed by atoms with E-state index in [2.05, 4.69) is 10.6 Å². The van der Waals surface area contributed by atoms with E-state index in [1.807, 2.05) is 24.3 Å². The second kappa shape index (κ2) is 8.05. The molecule has 0 unspecified atom stereocenters. The lowest BCUT2D eigenvalue weighted by Gasteiger charge is -2.11. The zero-order valence-electron chi connectivity index (χ0n) is 13.3. The van der Waals surface area contributed by atoms with Crippen molar-refractivity contribution in [3.05, 3.63) is 48.0 Å². The number of methoxy groups -OCH3 is 2. The van der Waals surface area contributed by atoms with Gasteiger partial charge in [-0.3, -0.25) is 4.79 Å². The van der Waals surface area contributed by atoms with E-state index in [0.717, 1.165) is 17.1 Å². The molecule has 0 atom stereocenters. The highest BCUT2D eigenvalue weighted by Gasteiger charge is 2.08. The molecule has 0 fully saturated rings. The number of ether oxygens (including phenoxy) is 2. The lowest BCUT2D eigenvalue weighted by atomic mass is 10.1. The first-order valence-electron chi connectivity index (χ1n) is 7.22. The van der Waals surface area contributed by atoms with Crippen LogP contribution in [0.25, 0.3) is 0 Å². The molecular weight excluding hydrogens is 294 g/mol. The minimum atomic E-state index is -0.176. The van der Waals surface area contributed by atoms with Gasteiger partial charge < -0.3 is 25.8 Å². The summed E-state index contributed by atoms with van der Waals surface area (Å²) in [5.74, 6) is 0.608. The number of nitrogens with two attached hydrogens (primary N) is 1. The van der Waals surface area contributed by atoms with Crippen molar-refractivity contribution in [2.45, 2.75) is 0 Å². The first-order chi connectivity index (χ1) is 11.1. The number of carbonyl (C=O) groups excluding carboxylic acids is 1. The Kier molecular flexibility index (Phi) is 5.82. The van der Waals surface area contributed by atoms with Gasteiger partial charge in [-0.1, -0.05) is 0 Å². The molecule has 0 saturated carbocycles. The summed E-state index contributed by atoms with van der Waals surface area (Å²) >= 11 is 0. The SMILES string of the molecule is COCCNC(=O)c1ccc(Nc2ccc(OC)cc2)c(N)c1. The number of nitrogen functional groups attached to an aromatic ring is 1. The smallest absolute Gasteiger partial charge is 0.251 e. The van der Waals surface area contributed by atoms with Gasteiger partial charge >= 0.3 is 0 Å². The summed E-state index contributed by atoms with van der Waals surface area (Å²) in [5.41, 5.74) is 8.66. The van der Waals surface area contributed by atoms with Gasteiger partial charge in [0.1, 0.15) is 5.75 Å². The van der Waals surface area contributed by atoms with Crippen LogP contribution >= 0.6 is 0 Å². The van der Waals surface area contributed by atoms with Gasteiger partial charge in [-0.15, -0.1) is 0 Å². The Bertz CT molecular complexity index is 657. The van der Waals surface area contributed by atoms with Crippen molar-refractivity contribution < 1.29 is 14.3 Å². The predicted molar refractivity (Wildman–Crippen MR) is 91.3 cm³/mol. The monoisotopic (exact) mass is 315 g/mol. The van der Waals surface area contributed by atoms with E-state index < -0.39 is 0 Å². The zero-order valence-corrected chi connectivity index (χ0v) is 13.3. The number of rotatable bonds is 7. The molecule has 4 N–H and O–H groups in total. The van der Waals surface area contributed by atoms with E-state index in [-0.39, 0.29) is 5.91 Å². The van der Waals surface area contributed by atoms with E-state index in [4.69, 9.17) is 15.2 Å². The van der Waals surface area contributed by atoms with Gasteiger partial charge in [0.2, 0.25) is 0 Å². The van der Waals surface area contributed by atoms with Crippen molar-refractivity contribution in [1.29, 1.82) is 0 Å². The molecule has 0 bridgehead atoms. The Balaban J connectivity index is 2.04. The topological polar surface area (TPSA) is 85.6 Å². The number of carbonyl (C=O) groups is 1. The van der Waals surface area contributed by atoms with Crippen molar-refractivity contribution in [2.24, 2.45) is 0 Å². The van der Waals surface area contributed by atoms with Gasteiger partial charge in [-0.2, -0.15) is 0 Å². The highest BCUT2D eigenvalue weighted by molar-refractivity contribution is 5.96. The van der Waals surface area contributed by atoms with Crippen molar-refractivity contribution in [3.8, 4) is 5.75 Å². The van der Waals surface area contributed by atoms with Crippen LogP contribution in [0.5, 0.6) is 5.75 Å². The van der Waals surface area contributed by atoms with E-state index in [0.29, 0.717) is 24.4 Å². The van der Waals surface area contributed by atoms with Crippen LogP contribution < -0.4 is 21.1 Å². The summed E-state index contributed by atoms with van der Waals surface area (Å²) in [6, 6.07) is 12.7. The number of benzene rings is 2. The van der Waals surface area contributed by atoms with Crippen LogP contribution in [-0.4, -0.2) is 33.3 Å². The lowest BCUT2D eigenvalue weighted by molar-refractivity contribution is 0.0937. The van der Waals surface area contributed by atoms with Gasteiger partial charge in [0.15, 0.2) is 0 Å². The van der Waals surface area contributed by atoms with E-state index in [9.17, 15) is 4.79 Å². The molecule has 2 aromatic rings. The molecule has 0 aliphatic carbocycles. The maximum atomic E-state index is 12.0. The van der Waals surface area contributed by atoms with Crippen molar-refractivity contribution in [1.82, 2.24) is 5.32 Å². The Hall–Kier alpha value is -2.73. The fraction of sp³-hybridized carbons (Fsp3) is 0.235. The lowest BCUT2D eigenvalue weighted by Crippen LogP contribution is -2.27. The third-order valence-electron chi connectivity index (χ3n) is 3.27. The highest BCUT2D eigenvalue weighted by atomic mass is 16.5. The van der Waals surface area contributed by atoms with Crippen LogP contribution in [0.3, 0.4) is 0 Å². The molecule has 0 aromatic heterocycles. The Morgan fingerprint density at radius 2 is 1.87 bits per heavy atom. The number of anilines is 3. The summed E-state index contributed by atoms with van der Waals surface area (Å²) in [7, 11) is 3.21. The summed E-state index contributed by atoms with van der Waals surface area (Å²) in [4.78, 5) is 12.0. The molecule has 1 amide bonds. The molecule has 0 aliphatic rings. The maximum absolute atomic E-state index is 12.0. The Morgan fingerprint density at radius 1 is 1.13 bits per heavy atom. The first kappa shape index (κ1) is 16.6. The van der Waals surface area contributed by atoms with Gasteiger partial charge in [0, 0.05) is 24.9 Å². The molecule has 6 heteroatoms. The van der Waals surface area contributed by atoms with Gasteiger partial charge in [0.05, 0.1) is 25.1 Å². The van der Waals surface area contributed by atoms with E-state index in [1.165, 1.54) is 0 Å². The molecule has 2 aromatic carbocycles. The molecule has 2 rings (SSSR count). The first-order valence-corrected chi connectivity index (χ1v) is 7.22. The van der Waals surface area contributed by atoms with Crippen LogP contribution in [0.2, 0.25) is 0 Å². The Morgan fingerprint density at radius 3 is 2.48 bits per heavy atom. The predicted octanol–water partition coefficient (Wildman–Crippen LogP) is 2.40. The number of hydrogen-bond acceptors (Lipinski definition) is 5. The molecule has 0 spiro atoms. The third-order valence-corrected chi connectivity index (χ3v) is 3.27. The average Bonchev–Trinajstić information content (AvgIpc) is 2.57. The molecule has 122 valence electrons.